The summed E-state index contributed by atoms with van der Waals surface area (Å²) in [6.45, 7) is 2.69. The van der Waals surface area contributed by atoms with Crippen LogP contribution in [0, 0.1) is 5.82 Å². The maximum absolute atomic E-state index is 13.6. The summed E-state index contributed by atoms with van der Waals surface area (Å²) in [6.07, 6.45) is 0.427. The first-order chi connectivity index (χ1) is 10.1. The van der Waals surface area contributed by atoms with Crippen LogP contribution in [0.4, 0.5) is 4.39 Å². The molecule has 1 atom stereocenters. The molecule has 0 amide bonds. The van der Waals surface area contributed by atoms with Gasteiger partial charge in [0.2, 0.25) is 0 Å². The topological polar surface area (TPSA) is 29.5 Å². The largest absolute Gasteiger partial charge is 0.492 e. The van der Waals surface area contributed by atoms with Gasteiger partial charge in [-0.3, -0.25) is 0 Å². The van der Waals surface area contributed by atoms with E-state index in [1.807, 2.05) is 19.1 Å². The van der Waals surface area contributed by atoms with Crippen LogP contribution in [0.5, 0.6) is 5.75 Å². The van der Waals surface area contributed by atoms with E-state index in [4.69, 9.17) is 4.74 Å². The van der Waals surface area contributed by atoms with E-state index in [0.29, 0.717) is 12.2 Å². The molecule has 1 N–H and O–H groups in total. The van der Waals surface area contributed by atoms with E-state index in [9.17, 15) is 9.50 Å². The predicted octanol–water partition coefficient (Wildman–Crippen LogP) is 4.65. The Labute approximate surface area is 132 Å². The summed E-state index contributed by atoms with van der Waals surface area (Å²) in [5, 5.41) is 10.3. The van der Waals surface area contributed by atoms with Crippen molar-refractivity contribution >= 4 is 15.9 Å². The summed E-state index contributed by atoms with van der Waals surface area (Å²) in [4.78, 5) is 0. The molecule has 21 heavy (non-hydrogen) atoms. The van der Waals surface area contributed by atoms with E-state index in [1.54, 1.807) is 24.3 Å². The molecule has 0 aliphatic rings. The molecule has 2 aromatic carbocycles. The molecule has 1 unspecified atom stereocenters. The molecule has 0 aromatic heterocycles. The van der Waals surface area contributed by atoms with Crippen molar-refractivity contribution in [1.82, 2.24) is 0 Å². The van der Waals surface area contributed by atoms with Crippen molar-refractivity contribution in [1.29, 1.82) is 0 Å². The van der Waals surface area contributed by atoms with E-state index >= 15 is 0 Å². The average molecular weight is 353 g/mol. The van der Waals surface area contributed by atoms with Gasteiger partial charge in [0.25, 0.3) is 0 Å². The van der Waals surface area contributed by atoms with Gasteiger partial charge in [0.1, 0.15) is 11.6 Å². The molecule has 112 valence electrons. The minimum atomic E-state index is -0.751. The molecule has 0 saturated carbocycles. The Hall–Kier alpha value is -1.39. The fourth-order valence-electron chi connectivity index (χ4n) is 2.04. The minimum Gasteiger partial charge on any atom is -0.492 e. The fraction of sp³-hybridized carbons (Fsp3) is 0.294. The van der Waals surface area contributed by atoms with Crippen LogP contribution in [-0.4, -0.2) is 11.7 Å². The van der Waals surface area contributed by atoms with Crippen LogP contribution in [0.15, 0.2) is 46.9 Å². The molecule has 0 fully saturated rings. The highest BCUT2D eigenvalue weighted by Gasteiger charge is 2.13. The summed E-state index contributed by atoms with van der Waals surface area (Å²) in [7, 11) is 0. The van der Waals surface area contributed by atoms with Gasteiger partial charge in [0.05, 0.1) is 17.2 Å². The molecular formula is C17H18BrFO2. The van der Waals surface area contributed by atoms with Crippen molar-refractivity contribution < 1.29 is 14.2 Å². The fourth-order valence-corrected chi connectivity index (χ4v) is 2.55. The molecule has 0 heterocycles. The number of aliphatic hydroxyl groups excluding tert-OH is 1. The lowest BCUT2D eigenvalue weighted by Crippen LogP contribution is -2.04. The van der Waals surface area contributed by atoms with Crippen LogP contribution in [0.25, 0.3) is 0 Å². The minimum absolute atomic E-state index is 0.244. The van der Waals surface area contributed by atoms with E-state index in [0.717, 1.165) is 22.2 Å². The SMILES string of the molecule is CCCOc1ccc(C(O)Cc2ccccc2F)cc1Br. The van der Waals surface area contributed by atoms with Gasteiger partial charge in [-0.15, -0.1) is 0 Å². The number of rotatable bonds is 6. The van der Waals surface area contributed by atoms with Crippen molar-refractivity contribution in [2.75, 3.05) is 6.61 Å². The summed E-state index contributed by atoms with van der Waals surface area (Å²) < 4.78 is 20.0. The Kier molecular flexibility index (Phi) is 5.76. The quantitative estimate of drug-likeness (QED) is 0.819. The van der Waals surface area contributed by atoms with Crippen LogP contribution >= 0.6 is 15.9 Å². The zero-order valence-corrected chi connectivity index (χ0v) is 13.4. The average Bonchev–Trinajstić information content (AvgIpc) is 2.48. The van der Waals surface area contributed by atoms with E-state index < -0.39 is 6.10 Å². The highest BCUT2D eigenvalue weighted by molar-refractivity contribution is 9.10. The van der Waals surface area contributed by atoms with E-state index in [2.05, 4.69) is 15.9 Å². The lowest BCUT2D eigenvalue weighted by molar-refractivity contribution is 0.177. The first kappa shape index (κ1) is 16.0. The molecule has 0 bridgehead atoms. The monoisotopic (exact) mass is 352 g/mol. The number of hydrogen-bond donors (Lipinski definition) is 1. The Morgan fingerprint density at radius 1 is 1.24 bits per heavy atom. The third-order valence-electron chi connectivity index (χ3n) is 3.17. The second-order valence-corrected chi connectivity index (χ2v) is 5.70. The van der Waals surface area contributed by atoms with Gasteiger partial charge in [-0.25, -0.2) is 4.39 Å². The highest BCUT2D eigenvalue weighted by Crippen LogP contribution is 2.30. The first-order valence-corrected chi connectivity index (χ1v) is 7.74. The number of ether oxygens (including phenoxy) is 1. The zero-order chi connectivity index (χ0) is 15.2. The number of aliphatic hydroxyl groups is 1. The molecule has 4 heteroatoms. The van der Waals surface area contributed by atoms with Crippen LogP contribution in [0.1, 0.15) is 30.6 Å². The lowest BCUT2D eigenvalue weighted by atomic mass is 10.0. The molecule has 2 nitrogen and oxygen atoms in total. The molecule has 0 saturated heterocycles. The maximum Gasteiger partial charge on any atom is 0.133 e. The third-order valence-corrected chi connectivity index (χ3v) is 3.79. The van der Waals surface area contributed by atoms with Gasteiger partial charge in [0.15, 0.2) is 0 Å². The van der Waals surface area contributed by atoms with Crippen molar-refractivity contribution in [2.45, 2.75) is 25.9 Å². The Morgan fingerprint density at radius 2 is 2.00 bits per heavy atom. The van der Waals surface area contributed by atoms with E-state index in [-0.39, 0.29) is 12.2 Å². The van der Waals surface area contributed by atoms with Crippen LogP contribution in [0.2, 0.25) is 0 Å². The molecule has 0 aliphatic carbocycles. The standard InChI is InChI=1S/C17H18BrFO2/c1-2-9-21-17-8-7-13(10-14(17)18)16(20)11-12-5-3-4-6-15(12)19/h3-8,10,16,20H,2,9,11H2,1H3. The predicted molar refractivity (Wildman–Crippen MR) is 85.0 cm³/mol. The Balaban J connectivity index is 2.11. The molecule has 0 radical (unpaired) electrons. The van der Waals surface area contributed by atoms with Crippen molar-refractivity contribution in [2.24, 2.45) is 0 Å². The normalized spacial score (nSPS) is 12.2. The summed E-state index contributed by atoms with van der Waals surface area (Å²) in [5.41, 5.74) is 1.24. The van der Waals surface area contributed by atoms with Crippen LogP contribution < -0.4 is 4.74 Å². The van der Waals surface area contributed by atoms with Crippen molar-refractivity contribution in [3.63, 3.8) is 0 Å². The second kappa shape index (κ2) is 7.57. The molecule has 0 aliphatic heterocycles. The maximum atomic E-state index is 13.6. The van der Waals surface area contributed by atoms with Gasteiger partial charge in [0, 0.05) is 6.42 Å². The van der Waals surface area contributed by atoms with Crippen molar-refractivity contribution in [3.05, 3.63) is 63.9 Å². The summed E-state index contributed by atoms with van der Waals surface area (Å²) >= 11 is 3.44. The van der Waals surface area contributed by atoms with E-state index in [1.165, 1.54) is 6.07 Å². The molecule has 2 rings (SSSR count). The van der Waals surface area contributed by atoms with Crippen molar-refractivity contribution in [3.8, 4) is 5.75 Å². The molecule has 0 spiro atoms. The van der Waals surface area contributed by atoms with Crippen LogP contribution in [0.3, 0.4) is 0 Å². The van der Waals surface area contributed by atoms with Gasteiger partial charge in [-0.05, 0) is 51.7 Å². The third kappa shape index (κ3) is 4.29. The number of benzene rings is 2. The molecular weight excluding hydrogens is 335 g/mol. The molecule has 2 aromatic rings. The van der Waals surface area contributed by atoms with Gasteiger partial charge in [-0.2, -0.15) is 0 Å². The summed E-state index contributed by atoms with van der Waals surface area (Å²) in [6, 6.07) is 11.9. The van der Waals surface area contributed by atoms with Gasteiger partial charge < -0.3 is 9.84 Å². The lowest BCUT2D eigenvalue weighted by Gasteiger charge is -2.14. The highest BCUT2D eigenvalue weighted by atomic mass is 79.9. The van der Waals surface area contributed by atoms with Gasteiger partial charge >= 0.3 is 0 Å². The number of halogens is 2. The second-order valence-electron chi connectivity index (χ2n) is 4.85. The van der Waals surface area contributed by atoms with Gasteiger partial charge in [-0.1, -0.05) is 31.2 Å². The Morgan fingerprint density at radius 3 is 2.67 bits per heavy atom. The number of hydrogen-bond acceptors (Lipinski definition) is 2. The summed E-state index contributed by atoms with van der Waals surface area (Å²) in [5.74, 6) is 0.456. The van der Waals surface area contributed by atoms with Crippen LogP contribution in [-0.2, 0) is 6.42 Å². The smallest absolute Gasteiger partial charge is 0.133 e. The zero-order valence-electron chi connectivity index (χ0n) is 11.9. The Bertz CT molecular complexity index is 601. The first-order valence-electron chi connectivity index (χ1n) is 6.95.